The summed E-state index contributed by atoms with van der Waals surface area (Å²) in [6.07, 6.45) is 4.95. The summed E-state index contributed by atoms with van der Waals surface area (Å²) in [6, 6.07) is 3.62. The average Bonchev–Trinajstić information content (AvgIpc) is 3.52. The van der Waals surface area contributed by atoms with E-state index in [-0.39, 0.29) is 42.0 Å². The second-order valence-electron chi connectivity index (χ2n) is 9.09. The number of nitrogens with zero attached hydrogens (tertiary/aromatic N) is 2. The van der Waals surface area contributed by atoms with Gasteiger partial charge in [-0.25, -0.2) is 0 Å². The Hall–Kier alpha value is -3.07. The number of carbonyl (C=O) groups excluding carboxylic acids is 3. The van der Waals surface area contributed by atoms with Crippen molar-refractivity contribution in [1.29, 1.82) is 0 Å². The lowest BCUT2D eigenvalue weighted by Crippen LogP contribution is -2.39. The largest absolute Gasteiger partial charge is 0.492 e. The first-order valence-electron chi connectivity index (χ1n) is 12.1. The molecule has 1 aromatic carbocycles. The highest BCUT2D eigenvalue weighted by molar-refractivity contribution is 6.09. The predicted molar refractivity (Wildman–Crippen MR) is 125 cm³/mol. The number of hydrogen-bond donors (Lipinski definition) is 1. The highest BCUT2D eigenvalue weighted by Crippen LogP contribution is 2.52. The van der Waals surface area contributed by atoms with Gasteiger partial charge >= 0.3 is 0 Å². The fourth-order valence-electron chi connectivity index (χ4n) is 5.70. The van der Waals surface area contributed by atoms with Gasteiger partial charge < -0.3 is 24.4 Å². The lowest BCUT2D eigenvalue weighted by atomic mass is 9.85. The van der Waals surface area contributed by atoms with Crippen LogP contribution in [0.1, 0.15) is 20.3 Å². The molecule has 0 radical (unpaired) electrons. The van der Waals surface area contributed by atoms with Crippen molar-refractivity contribution in [2.24, 2.45) is 23.7 Å². The average molecular weight is 470 g/mol. The first-order chi connectivity index (χ1) is 16.5. The van der Waals surface area contributed by atoms with Crippen LogP contribution in [0.15, 0.2) is 24.3 Å². The molecule has 4 atom stereocenters. The van der Waals surface area contributed by atoms with Gasteiger partial charge in [0.2, 0.25) is 17.7 Å². The van der Waals surface area contributed by atoms with Gasteiger partial charge in [0.05, 0.1) is 49.6 Å². The van der Waals surface area contributed by atoms with Gasteiger partial charge in [-0.2, -0.15) is 0 Å². The Balaban J connectivity index is 1.34. The van der Waals surface area contributed by atoms with E-state index in [1.54, 1.807) is 6.07 Å². The Morgan fingerprint density at radius 2 is 1.62 bits per heavy atom. The molecule has 9 nitrogen and oxygen atoms in total. The van der Waals surface area contributed by atoms with Crippen LogP contribution in [0.4, 0.5) is 11.4 Å². The molecule has 2 bridgehead atoms. The Bertz CT molecular complexity index is 988. The summed E-state index contributed by atoms with van der Waals surface area (Å²) in [5.41, 5.74) is 1.33. The maximum Gasteiger partial charge on any atom is 0.244 e. The minimum absolute atomic E-state index is 0.116. The number of amides is 3. The zero-order chi connectivity index (χ0) is 23.8. The molecule has 2 aliphatic heterocycles. The molecule has 1 aromatic rings. The number of likely N-dealkylation sites (tertiary alicyclic amines) is 1. The normalized spacial score (nSPS) is 27.4. The summed E-state index contributed by atoms with van der Waals surface area (Å²) in [4.78, 5) is 42.1. The van der Waals surface area contributed by atoms with E-state index >= 15 is 0 Å². The van der Waals surface area contributed by atoms with Gasteiger partial charge in [0, 0.05) is 25.2 Å². The third-order valence-electron chi connectivity index (χ3n) is 7.15. The summed E-state index contributed by atoms with van der Waals surface area (Å²) >= 11 is 0. The van der Waals surface area contributed by atoms with Gasteiger partial charge in [-0.3, -0.25) is 19.3 Å². The van der Waals surface area contributed by atoms with Gasteiger partial charge in [-0.05, 0) is 32.1 Å². The molecule has 2 saturated heterocycles. The standard InChI is InChI=1S/C25H31N3O6/c1-3-33-19-13-18(27-7-9-32-10-8-27)20(34-4-2)12-17(19)26-21(29)14-28-24(30)22-15-5-6-16(11-15)23(22)25(28)31/h5-6,12-13,15-16,22-23H,3-4,7-11,14H2,1-2H3,(H,26,29)/t15-,16-,22-,23+/m0/s1. The van der Waals surface area contributed by atoms with Gasteiger partial charge in [-0.1, -0.05) is 12.2 Å². The van der Waals surface area contributed by atoms with Crippen LogP contribution >= 0.6 is 0 Å². The summed E-state index contributed by atoms with van der Waals surface area (Å²) in [7, 11) is 0. The van der Waals surface area contributed by atoms with Crippen LogP contribution in [0.3, 0.4) is 0 Å². The van der Waals surface area contributed by atoms with E-state index in [9.17, 15) is 14.4 Å². The Kier molecular flexibility index (Phi) is 6.20. The van der Waals surface area contributed by atoms with Crippen LogP contribution in [-0.4, -0.2) is 68.7 Å². The first-order valence-corrected chi connectivity index (χ1v) is 12.1. The second kappa shape index (κ2) is 9.29. The van der Waals surface area contributed by atoms with Gasteiger partial charge in [0.1, 0.15) is 18.0 Å². The molecule has 0 unspecified atom stereocenters. The lowest BCUT2D eigenvalue weighted by molar-refractivity contribution is -0.143. The summed E-state index contributed by atoms with van der Waals surface area (Å²) in [5, 5.41) is 2.85. The molecule has 0 aromatic heterocycles. The zero-order valence-corrected chi connectivity index (χ0v) is 19.6. The number of ether oxygens (including phenoxy) is 3. The van der Waals surface area contributed by atoms with E-state index < -0.39 is 5.91 Å². The topological polar surface area (TPSA) is 97.4 Å². The molecule has 3 fully saturated rings. The monoisotopic (exact) mass is 469 g/mol. The van der Waals surface area contributed by atoms with Crippen molar-refractivity contribution in [3.63, 3.8) is 0 Å². The molecular weight excluding hydrogens is 438 g/mol. The van der Waals surface area contributed by atoms with Crippen molar-refractivity contribution >= 4 is 29.1 Å². The predicted octanol–water partition coefficient (Wildman–Crippen LogP) is 2.07. The van der Waals surface area contributed by atoms with Crippen molar-refractivity contribution in [3.8, 4) is 11.5 Å². The highest BCUT2D eigenvalue weighted by atomic mass is 16.5. The first kappa shape index (κ1) is 22.7. The molecule has 182 valence electrons. The minimum atomic E-state index is -0.440. The van der Waals surface area contributed by atoms with Crippen molar-refractivity contribution in [2.75, 3.05) is 56.3 Å². The maximum absolute atomic E-state index is 13.0. The number of nitrogens with one attached hydrogen (secondary N) is 1. The third-order valence-corrected chi connectivity index (χ3v) is 7.15. The number of carbonyl (C=O) groups is 3. The number of benzene rings is 1. The number of morpholine rings is 1. The van der Waals surface area contributed by atoms with E-state index in [1.807, 2.05) is 32.1 Å². The molecule has 0 spiro atoms. The van der Waals surface area contributed by atoms with Crippen LogP contribution in [0.25, 0.3) is 0 Å². The molecule has 34 heavy (non-hydrogen) atoms. The number of allylic oxidation sites excluding steroid dienone is 2. The van der Waals surface area contributed by atoms with Gasteiger partial charge in [0.25, 0.3) is 0 Å². The van der Waals surface area contributed by atoms with Crippen molar-refractivity contribution in [1.82, 2.24) is 4.90 Å². The second-order valence-corrected chi connectivity index (χ2v) is 9.09. The lowest BCUT2D eigenvalue weighted by Gasteiger charge is -2.31. The van der Waals surface area contributed by atoms with Crippen molar-refractivity contribution in [2.45, 2.75) is 20.3 Å². The number of imide groups is 1. The van der Waals surface area contributed by atoms with E-state index in [4.69, 9.17) is 14.2 Å². The summed E-state index contributed by atoms with van der Waals surface area (Å²) < 4.78 is 17.2. The Labute approximate surface area is 199 Å². The summed E-state index contributed by atoms with van der Waals surface area (Å²) in [6.45, 7) is 7.09. The van der Waals surface area contributed by atoms with Crippen LogP contribution in [-0.2, 0) is 19.1 Å². The Morgan fingerprint density at radius 3 is 2.24 bits per heavy atom. The van der Waals surface area contributed by atoms with E-state index in [2.05, 4.69) is 10.2 Å². The molecular formula is C25H31N3O6. The van der Waals surface area contributed by atoms with Crippen molar-refractivity contribution in [3.05, 3.63) is 24.3 Å². The molecule has 4 aliphatic rings. The number of hydrogen-bond acceptors (Lipinski definition) is 7. The molecule has 1 saturated carbocycles. The van der Waals surface area contributed by atoms with E-state index in [1.165, 1.54) is 0 Å². The number of fused-ring (bicyclic) bond motifs is 5. The molecule has 2 aliphatic carbocycles. The number of rotatable bonds is 8. The maximum atomic E-state index is 13.0. The fourth-order valence-corrected chi connectivity index (χ4v) is 5.70. The van der Waals surface area contributed by atoms with Gasteiger partial charge in [-0.15, -0.1) is 0 Å². The van der Waals surface area contributed by atoms with Crippen molar-refractivity contribution < 1.29 is 28.6 Å². The molecule has 5 rings (SSSR count). The van der Waals surface area contributed by atoms with E-state index in [0.717, 1.165) is 30.1 Å². The van der Waals surface area contributed by atoms with Crippen LogP contribution in [0, 0.1) is 23.7 Å². The van der Waals surface area contributed by atoms with Crippen LogP contribution in [0.5, 0.6) is 11.5 Å². The van der Waals surface area contributed by atoms with E-state index in [0.29, 0.717) is 43.6 Å². The third kappa shape index (κ3) is 3.91. The number of anilines is 2. The smallest absolute Gasteiger partial charge is 0.244 e. The van der Waals surface area contributed by atoms with Gasteiger partial charge in [0.15, 0.2) is 0 Å². The Morgan fingerprint density at radius 1 is 1.00 bits per heavy atom. The SMILES string of the molecule is CCOc1cc(N2CCOCC2)c(OCC)cc1NC(=O)CN1C(=O)[C@@H]2[C@H](C1=O)[C@H]1C=C[C@H]2C1. The zero-order valence-electron chi connectivity index (χ0n) is 19.6. The fraction of sp³-hybridized carbons (Fsp3) is 0.560. The van der Waals surface area contributed by atoms with Crippen LogP contribution in [0.2, 0.25) is 0 Å². The summed E-state index contributed by atoms with van der Waals surface area (Å²) in [5.74, 6) is -0.152. The molecule has 9 heteroatoms. The molecule has 1 N–H and O–H groups in total. The highest BCUT2D eigenvalue weighted by Gasteiger charge is 2.59. The molecule has 2 heterocycles. The molecule has 3 amide bonds. The van der Waals surface area contributed by atoms with Crippen LogP contribution < -0.4 is 19.7 Å². The quantitative estimate of drug-likeness (QED) is 0.460. The minimum Gasteiger partial charge on any atom is -0.492 e.